The average Bonchev–Trinajstić information content (AvgIpc) is 3.24. The second-order valence-electron chi connectivity index (χ2n) is 5.96. The van der Waals surface area contributed by atoms with Gasteiger partial charge in [0, 0.05) is 17.3 Å². The highest BCUT2D eigenvalue weighted by Gasteiger charge is 2.13. The molecule has 0 unspecified atom stereocenters. The molecule has 0 aliphatic carbocycles. The lowest BCUT2D eigenvalue weighted by atomic mass is 10.0. The van der Waals surface area contributed by atoms with E-state index in [9.17, 15) is 9.18 Å². The van der Waals surface area contributed by atoms with Gasteiger partial charge in [0.25, 0.3) is 5.91 Å². The minimum atomic E-state index is -0.705. The van der Waals surface area contributed by atoms with Crippen molar-refractivity contribution in [3.8, 4) is 22.7 Å². The third-order valence-corrected chi connectivity index (χ3v) is 4.10. The highest BCUT2D eigenvalue weighted by atomic mass is 19.1. The molecule has 4 aromatic rings. The van der Waals surface area contributed by atoms with Crippen molar-refractivity contribution >= 4 is 11.7 Å². The Hall–Kier alpha value is -3.94. The van der Waals surface area contributed by atoms with Crippen LogP contribution in [0.5, 0.6) is 0 Å². The van der Waals surface area contributed by atoms with Crippen LogP contribution in [0.4, 0.5) is 10.2 Å². The lowest BCUT2D eigenvalue weighted by Gasteiger charge is -2.08. The van der Waals surface area contributed by atoms with Crippen molar-refractivity contribution in [2.24, 2.45) is 0 Å². The fraction of sp³-hybridized carbons (Fsp3) is 0.0500. The summed E-state index contributed by atoms with van der Waals surface area (Å²) in [7, 11) is 0. The Bertz CT molecular complexity index is 1130. The average molecular weight is 375 g/mol. The molecule has 28 heavy (non-hydrogen) atoms. The zero-order valence-corrected chi connectivity index (χ0v) is 14.8. The number of rotatable bonds is 4. The normalized spacial score (nSPS) is 10.6. The number of anilines is 1. The lowest BCUT2D eigenvalue weighted by Crippen LogP contribution is -2.15. The summed E-state index contributed by atoms with van der Waals surface area (Å²) < 4.78 is 19.0. The second-order valence-corrected chi connectivity index (χ2v) is 5.96. The summed E-state index contributed by atoms with van der Waals surface area (Å²) in [5.41, 5.74) is 3.19. The number of benzene rings is 1. The van der Waals surface area contributed by atoms with Crippen molar-refractivity contribution in [1.29, 1.82) is 0 Å². The number of aromatic nitrogens is 4. The maximum atomic E-state index is 13.7. The van der Waals surface area contributed by atoms with Gasteiger partial charge in [0.05, 0.1) is 36.0 Å². The summed E-state index contributed by atoms with van der Waals surface area (Å²) in [6.45, 7) is 1.96. The zero-order chi connectivity index (χ0) is 19.5. The molecule has 0 saturated heterocycles. The van der Waals surface area contributed by atoms with E-state index in [1.807, 2.05) is 25.1 Å². The van der Waals surface area contributed by atoms with E-state index in [-0.39, 0.29) is 11.4 Å². The smallest absolute Gasteiger partial charge is 0.259 e. The van der Waals surface area contributed by atoms with E-state index < -0.39 is 11.7 Å². The molecule has 7 nitrogen and oxygen atoms in total. The van der Waals surface area contributed by atoms with Crippen LogP contribution >= 0.6 is 0 Å². The van der Waals surface area contributed by atoms with Crippen LogP contribution in [-0.4, -0.2) is 25.8 Å². The first-order chi connectivity index (χ1) is 13.6. The molecule has 138 valence electrons. The summed E-state index contributed by atoms with van der Waals surface area (Å²) in [6, 6.07) is 7.06. The van der Waals surface area contributed by atoms with E-state index >= 15 is 0 Å². The van der Waals surface area contributed by atoms with Crippen molar-refractivity contribution in [3.63, 3.8) is 0 Å². The number of aryl methyl sites for hydroxylation is 1. The minimum absolute atomic E-state index is 0.115. The molecule has 3 aromatic heterocycles. The summed E-state index contributed by atoms with van der Waals surface area (Å²) >= 11 is 0. The lowest BCUT2D eigenvalue weighted by molar-refractivity contribution is 0.102. The first-order valence-electron chi connectivity index (χ1n) is 8.35. The van der Waals surface area contributed by atoms with Gasteiger partial charge in [-0.3, -0.25) is 14.8 Å². The first kappa shape index (κ1) is 17.5. The number of nitrogens with zero attached hydrogens (tertiary/aromatic N) is 4. The molecular formula is C20H14FN5O2. The molecule has 3 heterocycles. The molecule has 0 bridgehead atoms. The number of oxazole rings is 1. The van der Waals surface area contributed by atoms with Gasteiger partial charge in [-0.15, -0.1) is 0 Å². The van der Waals surface area contributed by atoms with Gasteiger partial charge < -0.3 is 9.73 Å². The third kappa shape index (κ3) is 3.48. The van der Waals surface area contributed by atoms with E-state index in [1.165, 1.54) is 24.7 Å². The molecule has 0 aliphatic rings. The molecule has 4 rings (SSSR count). The molecule has 0 saturated carbocycles. The van der Waals surface area contributed by atoms with Crippen molar-refractivity contribution in [2.75, 3.05) is 5.32 Å². The molecule has 8 heteroatoms. The Labute approximate surface area is 159 Å². The van der Waals surface area contributed by atoms with Gasteiger partial charge in [-0.25, -0.2) is 14.4 Å². The van der Waals surface area contributed by atoms with Crippen LogP contribution in [0.15, 0.2) is 65.9 Å². The van der Waals surface area contributed by atoms with E-state index in [4.69, 9.17) is 4.42 Å². The predicted octanol–water partition coefficient (Wildman–Crippen LogP) is 3.89. The maximum absolute atomic E-state index is 13.7. The van der Waals surface area contributed by atoms with Gasteiger partial charge in [-0.2, -0.15) is 0 Å². The number of amides is 1. The summed E-state index contributed by atoms with van der Waals surface area (Å²) in [5.74, 6) is -0.600. The highest BCUT2D eigenvalue weighted by Crippen LogP contribution is 2.27. The fourth-order valence-corrected chi connectivity index (χ4v) is 2.67. The van der Waals surface area contributed by atoms with E-state index in [0.717, 1.165) is 22.9 Å². The molecule has 1 N–H and O–H groups in total. The van der Waals surface area contributed by atoms with Gasteiger partial charge in [0.2, 0.25) is 5.89 Å². The monoisotopic (exact) mass is 375 g/mol. The van der Waals surface area contributed by atoms with Crippen molar-refractivity contribution in [3.05, 3.63) is 78.5 Å². The molecule has 0 spiro atoms. The Morgan fingerprint density at radius 1 is 1.07 bits per heavy atom. The highest BCUT2D eigenvalue weighted by molar-refractivity contribution is 6.03. The number of nitrogens with one attached hydrogen (secondary N) is 1. The van der Waals surface area contributed by atoms with Crippen LogP contribution in [0, 0.1) is 12.7 Å². The topological polar surface area (TPSA) is 93.8 Å². The van der Waals surface area contributed by atoms with Gasteiger partial charge in [-0.05, 0) is 30.7 Å². The molecule has 0 aliphatic heterocycles. The summed E-state index contributed by atoms with van der Waals surface area (Å²) in [4.78, 5) is 28.5. The second kappa shape index (κ2) is 7.36. The Balaban J connectivity index is 1.58. The van der Waals surface area contributed by atoms with E-state index in [1.54, 1.807) is 12.4 Å². The van der Waals surface area contributed by atoms with E-state index in [0.29, 0.717) is 11.6 Å². The van der Waals surface area contributed by atoms with Crippen LogP contribution in [0.2, 0.25) is 0 Å². The Morgan fingerprint density at radius 2 is 1.96 bits per heavy atom. The van der Waals surface area contributed by atoms with Crippen LogP contribution in [0.25, 0.3) is 22.7 Å². The molecule has 0 fully saturated rings. The molecule has 0 atom stereocenters. The van der Waals surface area contributed by atoms with Crippen molar-refractivity contribution in [1.82, 2.24) is 19.9 Å². The largest absolute Gasteiger partial charge is 0.445 e. The van der Waals surface area contributed by atoms with Gasteiger partial charge in [-0.1, -0.05) is 6.07 Å². The van der Waals surface area contributed by atoms with Crippen LogP contribution < -0.4 is 5.32 Å². The van der Waals surface area contributed by atoms with Crippen molar-refractivity contribution in [2.45, 2.75) is 6.92 Å². The Morgan fingerprint density at radius 3 is 2.68 bits per heavy atom. The number of carbonyl (C=O) groups excluding carboxylic acids is 1. The SMILES string of the molecule is Cc1ccc(-c2ncco2)cc1-c1cnc(NC(=O)c2ccncc2F)cn1. The summed E-state index contributed by atoms with van der Waals surface area (Å²) in [5, 5.41) is 2.52. The van der Waals surface area contributed by atoms with Crippen LogP contribution in [0.1, 0.15) is 15.9 Å². The quantitative estimate of drug-likeness (QED) is 0.581. The van der Waals surface area contributed by atoms with Crippen LogP contribution in [-0.2, 0) is 0 Å². The van der Waals surface area contributed by atoms with Gasteiger partial charge in [0.15, 0.2) is 11.6 Å². The van der Waals surface area contributed by atoms with E-state index in [2.05, 4.69) is 25.3 Å². The standard InChI is InChI=1S/C20H14FN5O2/c1-12-2-3-13(20-23-6-7-28-20)8-15(12)17-10-25-18(11-24-17)26-19(27)14-4-5-22-9-16(14)21/h2-11H,1H3,(H,25,26,27). The predicted molar refractivity (Wildman–Crippen MR) is 99.9 cm³/mol. The number of pyridine rings is 1. The molecule has 1 amide bonds. The van der Waals surface area contributed by atoms with Gasteiger partial charge in [0.1, 0.15) is 6.26 Å². The van der Waals surface area contributed by atoms with Gasteiger partial charge >= 0.3 is 0 Å². The molecule has 1 aromatic carbocycles. The Kier molecular flexibility index (Phi) is 4.59. The van der Waals surface area contributed by atoms with Crippen LogP contribution in [0.3, 0.4) is 0 Å². The maximum Gasteiger partial charge on any atom is 0.259 e. The summed E-state index contributed by atoms with van der Waals surface area (Å²) in [6.07, 6.45) is 8.38. The molecular weight excluding hydrogens is 361 g/mol. The fourth-order valence-electron chi connectivity index (χ4n) is 2.67. The number of halogens is 1. The first-order valence-corrected chi connectivity index (χ1v) is 8.35. The van der Waals surface area contributed by atoms with Crippen molar-refractivity contribution < 1.29 is 13.6 Å². The number of hydrogen-bond acceptors (Lipinski definition) is 6. The molecule has 0 radical (unpaired) electrons. The third-order valence-electron chi connectivity index (χ3n) is 4.10. The number of carbonyl (C=O) groups is 1. The zero-order valence-electron chi connectivity index (χ0n) is 14.8. The minimum Gasteiger partial charge on any atom is -0.445 e. The number of hydrogen-bond donors (Lipinski definition) is 1.